The van der Waals surface area contributed by atoms with Gasteiger partial charge in [0.05, 0.1) is 17.0 Å². The molecule has 0 aliphatic carbocycles. The zero-order chi connectivity index (χ0) is 12.6. The Bertz CT molecular complexity index is 396. The zero-order valence-electron chi connectivity index (χ0n) is 10.5. The van der Waals surface area contributed by atoms with E-state index in [1.54, 1.807) is 0 Å². The summed E-state index contributed by atoms with van der Waals surface area (Å²) in [6.45, 7) is 5.72. The molecular formula is C14H18BrFO. The molecule has 1 aromatic rings. The van der Waals surface area contributed by atoms with E-state index in [1.807, 2.05) is 26.0 Å². The highest BCUT2D eigenvalue weighted by molar-refractivity contribution is 9.09. The molecule has 1 heterocycles. The van der Waals surface area contributed by atoms with Gasteiger partial charge in [0.15, 0.2) is 0 Å². The quantitative estimate of drug-likeness (QED) is 0.734. The molecule has 0 bridgehead atoms. The van der Waals surface area contributed by atoms with E-state index in [4.69, 9.17) is 4.74 Å². The van der Waals surface area contributed by atoms with Crippen molar-refractivity contribution in [3.8, 4) is 0 Å². The lowest BCUT2D eigenvalue weighted by Gasteiger charge is -2.19. The molecule has 0 amide bonds. The van der Waals surface area contributed by atoms with Crippen LogP contribution < -0.4 is 0 Å². The van der Waals surface area contributed by atoms with Gasteiger partial charge in [0.1, 0.15) is 5.82 Å². The van der Waals surface area contributed by atoms with Crippen molar-refractivity contribution in [3.05, 3.63) is 34.6 Å². The fourth-order valence-electron chi connectivity index (χ4n) is 2.40. The van der Waals surface area contributed by atoms with Crippen molar-refractivity contribution >= 4 is 15.9 Å². The first-order valence-electron chi connectivity index (χ1n) is 6.05. The molecule has 1 fully saturated rings. The SMILES string of the molecule is Cc1cc(C(Br)C2CCC(C)O2)cc(C)c1F. The fraction of sp³-hybridized carbons (Fsp3) is 0.571. The summed E-state index contributed by atoms with van der Waals surface area (Å²) in [5, 5.41) is 0. The largest absolute Gasteiger partial charge is 0.374 e. The highest BCUT2D eigenvalue weighted by Gasteiger charge is 2.29. The van der Waals surface area contributed by atoms with E-state index in [1.165, 1.54) is 0 Å². The molecule has 0 spiro atoms. The highest BCUT2D eigenvalue weighted by Crippen LogP contribution is 2.37. The third kappa shape index (κ3) is 2.71. The van der Waals surface area contributed by atoms with Crippen LogP contribution in [0.2, 0.25) is 0 Å². The van der Waals surface area contributed by atoms with E-state index in [0.29, 0.717) is 17.2 Å². The normalized spacial score (nSPS) is 26.2. The maximum Gasteiger partial charge on any atom is 0.129 e. The Hall–Kier alpha value is -0.410. The van der Waals surface area contributed by atoms with E-state index in [0.717, 1.165) is 18.4 Å². The Labute approximate surface area is 110 Å². The second-order valence-corrected chi connectivity index (χ2v) is 5.92. The number of aryl methyl sites for hydroxylation is 2. The summed E-state index contributed by atoms with van der Waals surface area (Å²) >= 11 is 3.69. The summed E-state index contributed by atoms with van der Waals surface area (Å²) in [6.07, 6.45) is 2.70. The molecule has 0 N–H and O–H groups in total. The minimum absolute atomic E-state index is 0.103. The van der Waals surface area contributed by atoms with E-state index in [2.05, 4.69) is 22.9 Å². The van der Waals surface area contributed by atoms with Crippen molar-refractivity contribution in [1.82, 2.24) is 0 Å². The molecule has 0 aromatic heterocycles. The third-order valence-electron chi connectivity index (χ3n) is 3.37. The molecule has 1 aromatic carbocycles. The van der Waals surface area contributed by atoms with Crippen molar-refractivity contribution in [3.63, 3.8) is 0 Å². The Morgan fingerprint density at radius 1 is 1.29 bits per heavy atom. The Morgan fingerprint density at radius 2 is 1.88 bits per heavy atom. The smallest absolute Gasteiger partial charge is 0.129 e. The van der Waals surface area contributed by atoms with E-state index in [-0.39, 0.29) is 16.7 Å². The van der Waals surface area contributed by atoms with Crippen LogP contribution in [0, 0.1) is 19.7 Å². The van der Waals surface area contributed by atoms with Crippen LogP contribution in [0.4, 0.5) is 4.39 Å². The summed E-state index contributed by atoms with van der Waals surface area (Å²) < 4.78 is 19.4. The maximum atomic E-state index is 13.6. The Morgan fingerprint density at radius 3 is 2.35 bits per heavy atom. The lowest BCUT2D eigenvalue weighted by molar-refractivity contribution is 0.0556. The number of benzene rings is 1. The van der Waals surface area contributed by atoms with Gasteiger partial charge in [0.25, 0.3) is 0 Å². The average Bonchev–Trinajstić information content (AvgIpc) is 2.71. The zero-order valence-corrected chi connectivity index (χ0v) is 12.1. The molecule has 2 rings (SSSR count). The van der Waals surface area contributed by atoms with Gasteiger partial charge in [-0.2, -0.15) is 0 Å². The molecule has 3 heteroatoms. The van der Waals surface area contributed by atoms with Crippen LogP contribution in [0.1, 0.15) is 41.3 Å². The third-order valence-corrected chi connectivity index (χ3v) is 4.49. The predicted molar refractivity (Wildman–Crippen MR) is 71.1 cm³/mol. The summed E-state index contributed by atoms with van der Waals surface area (Å²) in [5.74, 6) is -0.103. The van der Waals surface area contributed by atoms with E-state index < -0.39 is 0 Å². The van der Waals surface area contributed by atoms with Gasteiger partial charge in [-0.05, 0) is 50.3 Å². The van der Waals surface area contributed by atoms with E-state index in [9.17, 15) is 4.39 Å². The Balaban J connectivity index is 2.22. The molecule has 17 heavy (non-hydrogen) atoms. The van der Waals surface area contributed by atoms with Crippen LogP contribution >= 0.6 is 15.9 Å². The second kappa shape index (κ2) is 5.07. The fourth-order valence-corrected chi connectivity index (χ4v) is 3.06. The van der Waals surface area contributed by atoms with E-state index >= 15 is 0 Å². The Kier molecular flexibility index (Phi) is 3.88. The van der Waals surface area contributed by atoms with Gasteiger partial charge in [-0.1, -0.05) is 28.1 Å². The molecule has 1 aliphatic rings. The topological polar surface area (TPSA) is 9.23 Å². The molecule has 3 unspecified atom stereocenters. The minimum Gasteiger partial charge on any atom is -0.374 e. The molecule has 94 valence electrons. The first kappa shape index (κ1) is 13.0. The van der Waals surface area contributed by atoms with Crippen LogP contribution in [0.5, 0.6) is 0 Å². The average molecular weight is 301 g/mol. The second-order valence-electron chi connectivity index (χ2n) is 4.93. The van der Waals surface area contributed by atoms with Crippen molar-refractivity contribution in [2.45, 2.75) is 50.6 Å². The predicted octanol–water partition coefficient (Wildman–Crippen LogP) is 4.45. The van der Waals surface area contributed by atoms with Gasteiger partial charge in [-0.15, -0.1) is 0 Å². The standard InChI is InChI=1S/C14H18BrFO/c1-8-6-11(7-9(2)14(8)16)13(15)12-5-4-10(3)17-12/h6-7,10,12-13H,4-5H2,1-3H3. The van der Waals surface area contributed by atoms with Gasteiger partial charge < -0.3 is 4.74 Å². The number of ether oxygens (including phenoxy) is 1. The molecule has 3 atom stereocenters. The van der Waals surface area contributed by atoms with Gasteiger partial charge >= 0.3 is 0 Å². The highest BCUT2D eigenvalue weighted by atomic mass is 79.9. The van der Waals surface area contributed by atoms with Gasteiger partial charge in [-0.3, -0.25) is 0 Å². The van der Waals surface area contributed by atoms with Crippen molar-refractivity contribution in [2.24, 2.45) is 0 Å². The molecule has 0 saturated carbocycles. The molecule has 1 aliphatic heterocycles. The van der Waals surface area contributed by atoms with Crippen LogP contribution in [-0.4, -0.2) is 12.2 Å². The van der Waals surface area contributed by atoms with Crippen LogP contribution in [0.15, 0.2) is 12.1 Å². The van der Waals surface area contributed by atoms with Gasteiger partial charge in [-0.25, -0.2) is 4.39 Å². The van der Waals surface area contributed by atoms with Crippen molar-refractivity contribution in [2.75, 3.05) is 0 Å². The van der Waals surface area contributed by atoms with Crippen LogP contribution in [0.3, 0.4) is 0 Å². The van der Waals surface area contributed by atoms with Gasteiger partial charge in [0.2, 0.25) is 0 Å². The first-order valence-corrected chi connectivity index (χ1v) is 6.96. The number of halogens is 2. The number of alkyl halides is 1. The summed E-state index contributed by atoms with van der Waals surface area (Å²) in [6, 6.07) is 3.82. The lowest BCUT2D eigenvalue weighted by Crippen LogP contribution is -2.14. The first-order chi connectivity index (χ1) is 7.99. The summed E-state index contributed by atoms with van der Waals surface area (Å²) in [5.41, 5.74) is 2.52. The molecule has 1 nitrogen and oxygen atoms in total. The number of hydrogen-bond acceptors (Lipinski definition) is 1. The maximum absolute atomic E-state index is 13.6. The lowest BCUT2D eigenvalue weighted by atomic mass is 10.0. The monoisotopic (exact) mass is 300 g/mol. The van der Waals surface area contributed by atoms with Crippen molar-refractivity contribution < 1.29 is 9.13 Å². The van der Waals surface area contributed by atoms with Crippen molar-refractivity contribution in [1.29, 1.82) is 0 Å². The minimum atomic E-state index is -0.103. The number of rotatable bonds is 2. The number of hydrogen-bond donors (Lipinski definition) is 0. The van der Waals surface area contributed by atoms with Crippen LogP contribution in [0.25, 0.3) is 0 Å². The van der Waals surface area contributed by atoms with Crippen LogP contribution in [-0.2, 0) is 4.74 Å². The molecule has 0 radical (unpaired) electrons. The summed E-state index contributed by atoms with van der Waals surface area (Å²) in [4.78, 5) is 0.158. The molecular weight excluding hydrogens is 283 g/mol. The van der Waals surface area contributed by atoms with Gasteiger partial charge in [0, 0.05) is 0 Å². The summed E-state index contributed by atoms with van der Waals surface area (Å²) in [7, 11) is 0. The molecule has 1 saturated heterocycles.